The fourth-order valence-corrected chi connectivity index (χ4v) is 7.76. The summed E-state index contributed by atoms with van der Waals surface area (Å²) in [6.45, 7) is 4.55. The number of benzene rings is 3. The molecule has 1 aliphatic rings. The van der Waals surface area contributed by atoms with E-state index in [2.05, 4.69) is 85.1 Å². The predicted octanol–water partition coefficient (Wildman–Crippen LogP) is 11.2. The highest BCUT2D eigenvalue weighted by atomic mass is 16.3. The average molecular weight is 594 g/mol. The SMILES string of the molecule is CCCCCCC1(CCCCCC)c2ccc(-c3ccc4c5ccccc5n(-c5ccccn5)c4c3)nc2-c2c(O)cccc21. The molecule has 0 radical (unpaired) electrons. The fraction of sp³-hybridized carbons (Fsp3) is 0.317. The molecule has 3 heterocycles. The molecule has 3 aromatic carbocycles. The van der Waals surface area contributed by atoms with Crippen molar-refractivity contribution >= 4 is 21.8 Å². The highest BCUT2D eigenvalue weighted by Crippen LogP contribution is 2.56. The van der Waals surface area contributed by atoms with Gasteiger partial charge in [-0.3, -0.25) is 4.57 Å². The third kappa shape index (κ3) is 5.10. The lowest BCUT2D eigenvalue weighted by Crippen LogP contribution is -2.25. The third-order valence-corrected chi connectivity index (χ3v) is 9.97. The summed E-state index contributed by atoms with van der Waals surface area (Å²) in [5, 5.41) is 13.7. The summed E-state index contributed by atoms with van der Waals surface area (Å²) in [6.07, 6.45) is 13.9. The van der Waals surface area contributed by atoms with Gasteiger partial charge in [0.05, 0.1) is 22.4 Å². The van der Waals surface area contributed by atoms with Gasteiger partial charge in [-0.2, -0.15) is 0 Å². The summed E-state index contributed by atoms with van der Waals surface area (Å²) in [5.74, 6) is 1.24. The Morgan fingerprint density at radius 1 is 0.667 bits per heavy atom. The van der Waals surface area contributed by atoms with Crippen molar-refractivity contribution in [3.05, 3.63) is 108 Å². The van der Waals surface area contributed by atoms with E-state index in [0.29, 0.717) is 5.75 Å². The summed E-state index contributed by atoms with van der Waals surface area (Å²) in [4.78, 5) is 10.1. The molecule has 0 spiro atoms. The molecule has 6 aromatic rings. The van der Waals surface area contributed by atoms with Crippen LogP contribution in [0.3, 0.4) is 0 Å². The minimum atomic E-state index is -0.105. The van der Waals surface area contributed by atoms with Crippen LogP contribution in [0.1, 0.15) is 89.2 Å². The molecule has 0 saturated heterocycles. The van der Waals surface area contributed by atoms with Crippen molar-refractivity contribution < 1.29 is 5.11 Å². The van der Waals surface area contributed by atoms with Gasteiger partial charge in [0.1, 0.15) is 11.6 Å². The van der Waals surface area contributed by atoms with Gasteiger partial charge < -0.3 is 5.11 Å². The Bertz CT molecular complexity index is 1940. The lowest BCUT2D eigenvalue weighted by atomic mass is 9.70. The fourth-order valence-electron chi connectivity index (χ4n) is 7.76. The Morgan fingerprint density at radius 2 is 1.42 bits per heavy atom. The van der Waals surface area contributed by atoms with Crippen LogP contribution in [-0.2, 0) is 5.41 Å². The monoisotopic (exact) mass is 593 g/mol. The van der Waals surface area contributed by atoms with Crippen molar-refractivity contribution in [2.45, 2.75) is 83.5 Å². The van der Waals surface area contributed by atoms with Crippen molar-refractivity contribution in [3.63, 3.8) is 0 Å². The molecule has 4 heteroatoms. The largest absolute Gasteiger partial charge is 0.507 e. The molecule has 0 saturated carbocycles. The van der Waals surface area contributed by atoms with Crippen molar-refractivity contribution in [3.8, 4) is 34.1 Å². The summed E-state index contributed by atoms with van der Waals surface area (Å²) in [6, 6.07) is 31.9. The van der Waals surface area contributed by atoms with E-state index in [4.69, 9.17) is 9.97 Å². The Morgan fingerprint density at radius 3 is 2.18 bits per heavy atom. The number of nitrogens with zero attached hydrogens (tertiary/aromatic N) is 3. The van der Waals surface area contributed by atoms with E-state index in [1.165, 1.54) is 73.3 Å². The first-order chi connectivity index (χ1) is 22.2. The van der Waals surface area contributed by atoms with Gasteiger partial charge in [-0.05, 0) is 60.4 Å². The number of aromatic hydroxyl groups is 1. The second-order valence-corrected chi connectivity index (χ2v) is 12.8. The molecule has 0 atom stereocenters. The maximum atomic E-state index is 11.3. The third-order valence-electron chi connectivity index (χ3n) is 9.97. The van der Waals surface area contributed by atoms with Gasteiger partial charge in [0.25, 0.3) is 0 Å². The van der Waals surface area contributed by atoms with E-state index >= 15 is 0 Å². The minimum Gasteiger partial charge on any atom is -0.507 e. The maximum Gasteiger partial charge on any atom is 0.137 e. The van der Waals surface area contributed by atoms with Gasteiger partial charge in [0, 0.05) is 33.5 Å². The van der Waals surface area contributed by atoms with Crippen LogP contribution in [0.4, 0.5) is 0 Å². The second kappa shape index (κ2) is 12.5. The number of phenols is 1. The molecule has 4 nitrogen and oxygen atoms in total. The van der Waals surface area contributed by atoms with Crippen LogP contribution in [0.2, 0.25) is 0 Å². The molecule has 7 rings (SSSR count). The summed E-state index contributed by atoms with van der Waals surface area (Å²) >= 11 is 0. The number of phenolic OH excluding ortho intramolecular Hbond substituents is 1. The molecule has 1 N–H and O–H groups in total. The number of unbranched alkanes of at least 4 members (excludes halogenated alkanes) is 6. The zero-order valence-corrected chi connectivity index (χ0v) is 26.6. The van der Waals surface area contributed by atoms with Crippen molar-refractivity contribution in [2.24, 2.45) is 0 Å². The number of rotatable bonds is 12. The van der Waals surface area contributed by atoms with E-state index in [1.807, 2.05) is 30.5 Å². The van der Waals surface area contributed by atoms with Crippen molar-refractivity contribution in [2.75, 3.05) is 0 Å². The van der Waals surface area contributed by atoms with Gasteiger partial charge in [0.15, 0.2) is 0 Å². The van der Waals surface area contributed by atoms with Gasteiger partial charge in [0.2, 0.25) is 0 Å². The molecule has 0 fully saturated rings. The zero-order chi connectivity index (χ0) is 30.8. The van der Waals surface area contributed by atoms with Gasteiger partial charge in [-0.1, -0.05) is 120 Å². The van der Waals surface area contributed by atoms with Crippen LogP contribution in [0.25, 0.3) is 50.1 Å². The van der Waals surface area contributed by atoms with Gasteiger partial charge in [-0.25, -0.2) is 9.97 Å². The average Bonchev–Trinajstić information content (AvgIpc) is 3.56. The van der Waals surface area contributed by atoms with Crippen molar-refractivity contribution in [1.29, 1.82) is 0 Å². The molecule has 228 valence electrons. The van der Waals surface area contributed by atoms with E-state index in [1.54, 1.807) is 0 Å². The predicted molar refractivity (Wildman–Crippen MR) is 187 cm³/mol. The van der Waals surface area contributed by atoms with E-state index in [9.17, 15) is 5.11 Å². The van der Waals surface area contributed by atoms with Crippen LogP contribution in [0.15, 0.2) is 97.2 Å². The van der Waals surface area contributed by atoms with Crippen LogP contribution in [0.5, 0.6) is 5.75 Å². The molecule has 0 amide bonds. The molecule has 0 bridgehead atoms. The summed E-state index contributed by atoms with van der Waals surface area (Å²) < 4.78 is 2.25. The Kier molecular flexibility index (Phi) is 8.14. The number of para-hydroxylation sites is 1. The quantitative estimate of drug-likeness (QED) is 0.144. The lowest BCUT2D eigenvalue weighted by molar-refractivity contribution is 0.399. The number of fused-ring (bicyclic) bond motifs is 6. The van der Waals surface area contributed by atoms with E-state index in [0.717, 1.165) is 52.2 Å². The van der Waals surface area contributed by atoms with E-state index in [-0.39, 0.29) is 5.41 Å². The zero-order valence-electron chi connectivity index (χ0n) is 26.6. The maximum absolute atomic E-state index is 11.3. The van der Waals surface area contributed by atoms with E-state index < -0.39 is 0 Å². The Hall–Kier alpha value is -4.44. The number of hydrogen-bond donors (Lipinski definition) is 1. The summed E-state index contributed by atoms with van der Waals surface area (Å²) in [7, 11) is 0. The van der Waals surface area contributed by atoms with Crippen LogP contribution < -0.4 is 0 Å². The first-order valence-electron chi connectivity index (χ1n) is 17.0. The normalized spacial score (nSPS) is 13.4. The molecule has 3 aromatic heterocycles. The number of pyridine rings is 2. The highest BCUT2D eigenvalue weighted by molar-refractivity contribution is 6.10. The van der Waals surface area contributed by atoms with Gasteiger partial charge in [-0.15, -0.1) is 0 Å². The minimum absolute atomic E-state index is 0.105. The molecule has 1 aliphatic carbocycles. The smallest absolute Gasteiger partial charge is 0.137 e. The standard InChI is InChI=1S/C41H43N3O/c1-3-5-7-12-25-41(26-13-8-6-4-2)32-17-15-19-37(45)39(32)40-33(41)23-24-34(43-40)29-21-22-31-30-16-9-10-18-35(30)44(36(31)28-29)38-20-11-14-27-42-38/h9-11,14-24,27-28,45H,3-8,12-13,25-26H2,1-2H3. The lowest BCUT2D eigenvalue weighted by Gasteiger charge is -2.32. The van der Waals surface area contributed by atoms with Crippen LogP contribution >= 0.6 is 0 Å². The molecular weight excluding hydrogens is 550 g/mol. The topological polar surface area (TPSA) is 50.9 Å². The molecular formula is C41H43N3O. The van der Waals surface area contributed by atoms with Gasteiger partial charge >= 0.3 is 0 Å². The highest BCUT2D eigenvalue weighted by Gasteiger charge is 2.44. The molecule has 0 aliphatic heterocycles. The Labute approximate surface area is 266 Å². The first kappa shape index (κ1) is 29.3. The second-order valence-electron chi connectivity index (χ2n) is 12.8. The molecule has 45 heavy (non-hydrogen) atoms. The Balaban J connectivity index is 1.37. The van der Waals surface area contributed by atoms with Crippen LogP contribution in [-0.4, -0.2) is 19.6 Å². The molecule has 0 unspecified atom stereocenters. The first-order valence-corrected chi connectivity index (χ1v) is 17.0. The van der Waals surface area contributed by atoms with Crippen LogP contribution in [0, 0.1) is 0 Å². The number of hydrogen-bond acceptors (Lipinski definition) is 3. The summed E-state index contributed by atoms with van der Waals surface area (Å²) in [5.41, 5.74) is 8.58. The number of aromatic nitrogens is 3. The van der Waals surface area contributed by atoms with Crippen molar-refractivity contribution in [1.82, 2.24) is 14.5 Å².